The Hall–Kier alpha value is -2.28. The Labute approximate surface area is 154 Å². The van der Waals surface area contributed by atoms with E-state index < -0.39 is 24.1 Å². The molecule has 7 nitrogen and oxygen atoms in total. The molecule has 1 rings (SSSR count). The SMILES string of the molecule is CCCCCCCCOc1ccc(NC(=O)[C@](C)(CO)NC(=O)O)cc1. The van der Waals surface area contributed by atoms with Crippen molar-refractivity contribution in [1.29, 1.82) is 0 Å². The van der Waals surface area contributed by atoms with E-state index in [2.05, 4.69) is 12.2 Å². The van der Waals surface area contributed by atoms with Gasteiger partial charge in [0.15, 0.2) is 0 Å². The normalized spacial score (nSPS) is 12.9. The molecular formula is C19H30N2O5. The van der Waals surface area contributed by atoms with Crippen LogP contribution in [0.2, 0.25) is 0 Å². The Morgan fingerprint density at radius 2 is 1.69 bits per heavy atom. The molecule has 146 valence electrons. The number of hydrogen-bond acceptors (Lipinski definition) is 4. The molecule has 7 heteroatoms. The van der Waals surface area contributed by atoms with Crippen molar-refractivity contribution in [2.75, 3.05) is 18.5 Å². The molecule has 4 N–H and O–H groups in total. The molecule has 1 aromatic carbocycles. The van der Waals surface area contributed by atoms with Crippen LogP contribution in [0.15, 0.2) is 24.3 Å². The fourth-order valence-electron chi connectivity index (χ4n) is 2.38. The molecule has 0 spiro atoms. The molecule has 26 heavy (non-hydrogen) atoms. The second kappa shape index (κ2) is 11.4. The molecule has 1 aromatic rings. The molecule has 0 saturated carbocycles. The predicted octanol–water partition coefficient (Wildman–Crippen LogP) is 3.38. The first-order valence-electron chi connectivity index (χ1n) is 9.07. The van der Waals surface area contributed by atoms with Gasteiger partial charge < -0.3 is 25.6 Å². The summed E-state index contributed by atoms with van der Waals surface area (Å²) in [6.45, 7) is 3.52. The van der Waals surface area contributed by atoms with Crippen LogP contribution in [0.1, 0.15) is 52.4 Å². The van der Waals surface area contributed by atoms with Gasteiger partial charge in [0.1, 0.15) is 11.3 Å². The average Bonchev–Trinajstić information content (AvgIpc) is 2.61. The minimum absolute atomic E-state index is 0.494. The first-order valence-corrected chi connectivity index (χ1v) is 9.07. The lowest BCUT2D eigenvalue weighted by Gasteiger charge is -2.25. The summed E-state index contributed by atoms with van der Waals surface area (Å²) in [4.78, 5) is 22.9. The van der Waals surface area contributed by atoms with Crippen molar-refractivity contribution in [3.8, 4) is 5.75 Å². The van der Waals surface area contributed by atoms with E-state index in [9.17, 15) is 14.7 Å². The smallest absolute Gasteiger partial charge is 0.405 e. The number of carbonyl (C=O) groups excluding carboxylic acids is 1. The Bertz CT molecular complexity index is 562. The maximum atomic E-state index is 12.2. The summed E-state index contributed by atoms with van der Waals surface area (Å²) in [5, 5.41) is 22.7. The van der Waals surface area contributed by atoms with Crippen LogP contribution in [0.4, 0.5) is 10.5 Å². The molecule has 0 bridgehead atoms. The monoisotopic (exact) mass is 366 g/mol. The zero-order valence-corrected chi connectivity index (χ0v) is 15.6. The third kappa shape index (κ3) is 7.74. The van der Waals surface area contributed by atoms with Crippen molar-refractivity contribution in [2.24, 2.45) is 0 Å². The number of nitrogens with one attached hydrogen (secondary N) is 2. The molecule has 0 fully saturated rings. The number of ether oxygens (including phenoxy) is 1. The Morgan fingerprint density at radius 3 is 2.27 bits per heavy atom. The summed E-state index contributed by atoms with van der Waals surface area (Å²) in [5.41, 5.74) is -1.12. The molecule has 0 aliphatic heterocycles. The minimum atomic E-state index is -1.61. The van der Waals surface area contributed by atoms with Gasteiger partial charge in [0.2, 0.25) is 0 Å². The summed E-state index contributed by atoms with van der Waals surface area (Å²) < 4.78 is 5.67. The number of aliphatic hydroxyl groups is 1. The van der Waals surface area contributed by atoms with Crippen molar-refractivity contribution in [2.45, 2.75) is 57.9 Å². The standard InChI is InChI=1S/C19H30N2O5/c1-3-4-5-6-7-8-13-26-16-11-9-15(10-12-16)20-17(23)19(2,14-22)21-18(24)25/h9-12,21-22H,3-8,13-14H2,1-2H3,(H,20,23)(H,24,25)/t19-/m0/s1. The Morgan fingerprint density at radius 1 is 1.08 bits per heavy atom. The third-order valence-corrected chi connectivity index (χ3v) is 4.08. The van der Waals surface area contributed by atoms with Crippen molar-refractivity contribution < 1.29 is 24.5 Å². The van der Waals surface area contributed by atoms with Crippen molar-refractivity contribution in [1.82, 2.24) is 5.32 Å². The highest BCUT2D eigenvalue weighted by atomic mass is 16.5. The van der Waals surface area contributed by atoms with Gasteiger partial charge in [0, 0.05) is 5.69 Å². The summed E-state index contributed by atoms with van der Waals surface area (Å²) in [6.07, 6.45) is 5.82. The zero-order valence-electron chi connectivity index (χ0n) is 15.6. The van der Waals surface area contributed by atoms with Crippen LogP contribution in [-0.4, -0.2) is 41.0 Å². The van der Waals surface area contributed by atoms with E-state index in [4.69, 9.17) is 9.84 Å². The van der Waals surface area contributed by atoms with E-state index in [-0.39, 0.29) is 0 Å². The van der Waals surface area contributed by atoms with Crippen LogP contribution in [-0.2, 0) is 4.79 Å². The molecule has 0 unspecified atom stereocenters. The maximum absolute atomic E-state index is 12.2. The molecule has 0 aliphatic rings. The number of carboxylic acid groups (broad SMARTS) is 1. The summed E-state index contributed by atoms with van der Waals surface area (Å²) in [5.74, 6) is 0.0771. The van der Waals surface area contributed by atoms with E-state index in [1.165, 1.54) is 32.6 Å². The lowest BCUT2D eigenvalue weighted by Crippen LogP contribution is -2.56. The van der Waals surface area contributed by atoms with Crippen LogP contribution < -0.4 is 15.4 Å². The van der Waals surface area contributed by atoms with E-state index in [1.807, 2.05) is 5.32 Å². The van der Waals surface area contributed by atoms with E-state index in [1.54, 1.807) is 24.3 Å². The molecule has 1 atom stereocenters. The maximum Gasteiger partial charge on any atom is 0.405 e. The second-order valence-electron chi connectivity index (χ2n) is 6.52. The van der Waals surface area contributed by atoms with Gasteiger partial charge in [-0.25, -0.2) is 4.79 Å². The number of carbonyl (C=O) groups is 2. The van der Waals surface area contributed by atoms with Gasteiger partial charge in [0.05, 0.1) is 13.2 Å². The van der Waals surface area contributed by atoms with Gasteiger partial charge >= 0.3 is 6.09 Å². The third-order valence-electron chi connectivity index (χ3n) is 4.08. The number of amides is 2. The van der Waals surface area contributed by atoms with Crippen LogP contribution >= 0.6 is 0 Å². The lowest BCUT2D eigenvalue weighted by atomic mass is 10.0. The van der Waals surface area contributed by atoms with Crippen LogP contribution in [0.25, 0.3) is 0 Å². The first-order chi connectivity index (χ1) is 12.4. The Balaban J connectivity index is 2.42. The summed E-state index contributed by atoms with van der Waals surface area (Å²) >= 11 is 0. The molecule has 2 amide bonds. The number of aliphatic hydroxyl groups excluding tert-OH is 1. The Kier molecular flexibility index (Phi) is 9.51. The van der Waals surface area contributed by atoms with E-state index >= 15 is 0 Å². The van der Waals surface area contributed by atoms with Gasteiger partial charge in [-0.1, -0.05) is 39.0 Å². The van der Waals surface area contributed by atoms with Crippen molar-refractivity contribution in [3.63, 3.8) is 0 Å². The number of benzene rings is 1. The van der Waals surface area contributed by atoms with Gasteiger partial charge in [-0.3, -0.25) is 4.79 Å². The predicted molar refractivity (Wildman–Crippen MR) is 101 cm³/mol. The van der Waals surface area contributed by atoms with Gasteiger partial charge in [-0.2, -0.15) is 0 Å². The quantitative estimate of drug-likeness (QED) is 0.424. The number of rotatable bonds is 12. The largest absolute Gasteiger partial charge is 0.494 e. The summed E-state index contributed by atoms with van der Waals surface area (Å²) in [6, 6.07) is 6.83. The van der Waals surface area contributed by atoms with Gasteiger partial charge in [-0.15, -0.1) is 0 Å². The fourth-order valence-corrected chi connectivity index (χ4v) is 2.38. The first kappa shape index (κ1) is 21.8. The topological polar surface area (TPSA) is 108 Å². The molecule has 0 aliphatic carbocycles. The number of anilines is 1. The average molecular weight is 366 g/mol. The van der Waals surface area contributed by atoms with E-state index in [0.29, 0.717) is 18.0 Å². The van der Waals surface area contributed by atoms with Crippen molar-refractivity contribution in [3.05, 3.63) is 24.3 Å². The molecule has 0 radical (unpaired) electrons. The second-order valence-corrected chi connectivity index (χ2v) is 6.52. The van der Waals surface area contributed by atoms with Gasteiger partial charge in [-0.05, 0) is 37.6 Å². The minimum Gasteiger partial charge on any atom is -0.494 e. The van der Waals surface area contributed by atoms with Crippen LogP contribution in [0.3, 0.4) is 0 Å². The highest BCUT2D eigenvalue weighted by molar-refractivity contribution is 5.99. The molecule has 0 aromatic heterocycles. The highest BCUT2D eigenvalue weighted by Gasteiger charge is 2.34. The van der Waals surface area contributed by atoms with E-state index in [0.717, 1.165) is 12.8 Å². The van der Waals surface area contributed by atoms with Crippen molar-refractivity contribution >= 4 is 17.7 Å². The molecular weight excluding hydrogens is 336 g/mol. The fraction of sp³-hybridized carbons (Fsp3) is 0.579. The summed E-state index contributed by atoms with van der Waals surface area (Å²) in [7, 11) is 0. The van der Waals surface area contributed by atoms with Crippen LogP contribution in [0, 0.1) is 0 Å². The molecule has 0 heterocycles. The zero-order chi connectivity index (χ0) is 19.4. The number of hydrogen-bond donors (Lipinski definition) is 4. The van der Waals surface area contributed by atoms with Crippen LogP contribution in [0.5, 0.6) is 5.75 Å². The lowest BCUT2D eigenvalue weighted by molar-refractivity contribution is -0.123. The highest BCUT2D eigenvalue weighted by Crippen LogP contribution is 2.18. The number of unbranched alkanes of at least 4 members (excludes halogenated alkanes) is 5. The van der Waals surface area contributed by atoms with Gasteiger partial charge in [0.25, 0.3) is 5.91 Å². The molecule has 0 saturated heterocycles.